The maximum atomic E-state index is 3.75. The van der Waals surface area contributed by atoms with Gasteiger partial charge in [-0.2, -0.15) is 0 Å². The van der Waals surface area contributed by atoms with Gasteiger partial charge in [0.25, 0.3) is 0 Å². The van der Waals surface area contributed by atoms with Crippen LogP contribution in [0.2, 0.25) is 0 Å². The Bertz CT molecular complexity index is 2880. The van der Waals surface area contributed by atoms with Crippen LogP contribution in [0.4, 0.5) is 17.1 Å². The van der Waals surface area contributed by atoms with Crippen molar-refractivity contribution in [3.8, 4) is 33.5 Å². The topological polar surface area (TPSA) is 19.0 Å². The van der Waals surface area contributed by atoms with Gasteiger partial charge in [0, 0.05) is 33.2 Å². The Morgan fingerprint density at radius 3 is 1.73 bits per heavy atom. The highest BCUT2D eigenvalue weighted by Gasteiger charge is 2.18. The maximum absolute atomic E-state index is 3.75. The monoisotopic (exact) mass is 662 g/mol. The molecule has 0 amide bonds. The molecule has 0 saturated carbocycles. The number of aromatic nitrogens is 1. The van der Waals surface area contributed by atoms with Gasteiger partial charge in [-0.1, -0.05) is 152 Å². The molecule has 0 aliphatic rings. The van der Waals surface area contributed by atoms with Crippen molar-refractivity contribution in [2.24, 2.45) is 0 Å². The smallest absolute Gasteiger partial charge is 0.0544 e. The van der Waals surface area contributed by atoms with Crippen molar-refractivity contribution >= 4 is 60.3 Å². The number of rotatable bonds is 6. The summed E-state index contributed by atoms with van der Waals surface area (Å²) in [5.41, 5.74) is 11.8. The van der Waals surface area contributed by atoms with E-state index in [1.807, 2.05) is 0 Å². The first-order chi connectivity index (χ1) is 25.8. The number of benzene rings is 9. The number of fused-ring (bicyclic) bond motifs is 5. The summed E-state index contributed by atoms with van der Waals surface area (Å²) in [5.74, 6) is 0. The fourth-order valence-electron chi connectivity index (χ4n) is 7.88. The van der Waals surface area contributed by atoms with E-state index >= 15 is 0 Å². The highest BCUT2D eigenvalue weighted by molar-refractivity contribution is 6.11. The van der Waals surface area contributed by atoms with Crippen molar-refractivity contribution in [2.45, 2.75) is 0 Å². The largest absolute Gasteiger partial charge is 0.354 e. The average Bonchev–Trinajstić information content (AvgIpc) is 3.61. The normalized spacial score (nSPS) is 11.5. The molecule has 1 N–H and O–H groups in total. The van der Waals surface area contributed by atoms with Crippen LogP contribution in [0.5, 0.6) is 0 Å². The minimum absolute atomic E-state index is 1.13. The average molecular weight is 663 g/mol. The lowest BCUT2D eigenvalue weighted by atomic mass is 9.94. The summed E-state index contributed by atoms with van der Waals surface area (Å²) in [6.45, 7) is 0. The zero-order valence-electron chi connectivity index (χ0n) is 28.5. The number of H-pyrrole nitrogens is 1. The van der Waals surface area contributed by atoms with E-state index in [9.17, 15) is 0 Å². The van der Waals surface area contributed by atoms with Crippen LogP contribution in [0.25, 0.3) is 76.7 Å². The van der Waals surface area contributed by atoms with Gasteiger partial charge in [0.2, 0.25) is 0 Å². The number of nitrogens with one attached hydrogen (secondary N) is 1. The molecule has 9 aromatic carbocycles. The standard InChI is InChI=1S/C50H34N2/c1-4-14-35(15-5-1)49-46-33-38(26-30-47(46)51-50(49)36-16-6-2-7-17-36)37-25-28-43-39(31-37)23-24-40-32-42(27-29-44(40)43)52(41-19-8-3-9-20-41)48-22-12-18-34-13-10-11-21-45(34)48/h1-33,51H. The number of para-hydroxylation sites is 1. The van der Waals surface area contributed by atoms with E-state index < -0.39 is 0 Å². The Morgan fingerprint density at radius 1 is 0.327 bits per heavy atom. The molecule has 52 heavy (non-hydrogen) atoms. The molecule has 0 aliphatic carbocycles. The molecule has 10 rings (SSSR count). The van der Waals surface area contributed by atoms with Crippen LogP contribution in [-0.4, -0.2) is 4.98 Å². The third kappa shape index (κ3) is 5.12. The Labute approximate surface area is 302 Å². The van der Waals surface area contributed by atoms with E-state index in [0.717, 1.165) is 22.6 Å². The van der Waals surface area contributed by atoms with Crippen molar-refractivity contribution in [1.29, 1.82) is 0 Å². The second kappa shape index (κ2) is 12.5. The Morgan fingerprint density at radius 2 is 0.942 bits per heavy atom. The molecular formula is C50H34N2. The Kier molecular flexibility index (Phi) is 7.18. The van der Waals surface area contributed by atoms with Crippen molar-refractivity contribution < 1.29 is 0 Å². The highest BCUT2D eigenvalue weighted by atomic mass is 15.1. The van der Waals surface area contributed by atoms with Crippen LogP contribution in [0, 0.1) is 0 Å². The number of anilines is 3. The summed E-state index contributed by atoms with van der Waals surface area (Å²) in [4.78, 5) is 6.12. The lowest BCUT2D eigenvalue weighted by Crippen LogP contribution is -2.10. The van der Waals surface area contributed by atoms with Crippen LogP contribution < -0.4 is 4.90 Å². The predicted octanol–water partition coefficient (Wildman–Crippen LogP) is 14.1. The molecule has 0 spiro atoms. The van der Waals surface area contributed by atoms with Crippen molar-refractivity contribution in [3.63, 3.8) is 0 Å². The first kappa shape index (κ1) is 30.0. The lowest BCUT2D eigenvalue weighted by Gasteiger charge is -2.27. The van der Waals surface area contributed by atoms with Gasteiger partial charge in [0.05, 0.1) is 11.4 Å². The van der Waals surface area contributed by atoms with Gasteiger partial charge < -0.3 is 9.88 Å². The van der Waals surface area contributed by atoms with E-state index in [2.05, 4.69) is 210 Å². The minimum atomic E-state index is 1.13. The predicted molar refractivity (Wildman–Crippen MR) is 222 cm³/mol. The van der Waals surface area contributed by atoms with Gasteiger partial charge in [-0.3, -0.25) is 0 Å². The van der Waals surface area contributed by atoms with Gasteiger partial charge in [-0.15, -0.1) is 0 Å². The zero-order valence-corrected chi connectivity index (χ0v) is 28.5. The van der Waals surface area contributed by atoms with Gasteiger partial charge >= 0.3 is 0 Å². The molecular weight excluding hydrogens is 629 g/mol. The van der Waals surface area contributed by atoms with Crippen LogP contribution in [0.15, 0.2) is 200 Å². The van der Waals surface area contributed by atoms with E-state index in [-0.39, 0.29) is 0 Å². The van der Waals surface area contributed by atoms with Crippen molar-refractivity contribution in [1.82, 2.24) is 4.98 Å². The molecule has 0 bridgehead atoms. The number of hydrogen-bond donors (Lipinski definition) is 1. The third-order valence-electron chi connectivity index (χ3n) is 10.4. The molecule has 244 valence electrons. The molecule has 0 atom stereocenters. The maximum Gasteiger partial charge on any atom is 0.0544 e. The number of aromatic amines is 1. The van der Waals surface area contributed by atoms with E-state index in [1.54, 1.807) is 0 Å². The highest BCUT2D eigenvalue weighted by Crippen LogP contribution is 2.42. The van der Waals surface area contributed by atoms with Crippen molar-refractivity contribution in [2.75, 3.05) is 4.90 Å². The Hall–Kier alpha value is -6.90. The summed E-state index contributed by atoms with van der Waals surface area (Å²) in [6.07, 6.45) is 0. The summed E-state index contributed by atoms with van der Waals surface area (Å²) in [6, 6.07) is 72.3. The molecule has 0 aliphatic heterocycles. The molecule has 1 heterocycles. The summed E-state index contributed by atoms with van der Waals surface area (Å²) in [7, 11) is 0. The van der Waals surface area contributed by atoms with Crippen molar-refractivity contribution in [3.05, 3.63) is 200 Å². The molecule has 0 fully saturated rings. The van der Waals surface area contributed by atoms with Gasteiger partial charge in [0.15, 0.2) is 0 Å². The quantitative estimate of drug-likeness (QED) is 0.176. The SMILES string of the molecule is c1ccc(-c2[nH]c3ccc(-c4ccc5c(ccc6cc(N(c7ccccc7)c7cccc8ccccc78)ccc65)c4)cc3c2-c2ccccc2)cc1. The van der Waals surface area contributed by atoms with E-state index in [4.69, 9.17) is 0 Å². The van der Waals surface area contributed by atoms with Gasteiger partial charge in [-0.25, -0.2) is 0 Å². The molecule has 0 unspecified atom stereocenters. The molecule has 2 nitrogen and oxygen atoms in total. The lowest BCUT2D eigenvalue weighted by molar-refractivity contribution is 1.30. The Balaban J connectivity index is 1.07. The molecule has 0 saturated heterocycles. The fraction of sp³-hybridized carbons (Fsp3) is 0. The second-order valence-electron chi connectivity index (χ2n) is 13.4. The zero-order chi connectivity index (χ0) is 34.4. The second-order valence-corrected chi connectivity index (χ2v) is 13.4. The molecule has 1 aromatic heterocycles. The third-order valence-corrected chi connectivity index (χ3v) is 10.4. The first-order valence-corrected chi connectivity index (χ1v) is 17.8. The molecule has 2 heteroatoms. The molecule has 0 radical (unpaired) electrons. The van der Waals surface area contributed by atoms with E-state index in [1.165, 1.54) is 71.2 Å². The number of nitrogens with zero attached hydrogens (tertiary/aromatic N) is 1. The minimum Gasteiger partial charge on any atom is -0.354 e. The van der Waals surface area contributed by atoms with Crippen LogP contribution in [0.3, 0.4) is 0 Å². The molecule has 10 aromatic rings. The summed E-state index contributed by atoms with van der Waals surface area (Å²) >= 11 is 0. The van der Waals surface area contributed by atoms with Gasteiger partial charge in [0.1, 0.15) is 0 Å². The van der Waals surface area contributed by atoms with E-state index in [0.29, 0.717) is 0 Å². The number of hydrogen-bond acceptors (Lipinski definition) is 1. The summed E-state index contributed by atoms with van der Waals surface area (Å²) < 4.78 is 0. The van der Waals surface area contributed by atoms with Crippen LogP contribution >= 0.6 is 0 Å². The van der Waals surface area contributed by atoms with Crippen LogP contribution in [0.1, 0.15) is 0 Å². The summed E-state index contributed by atoms with van der Waals surface area (Å²) in [5, 5.41) is 8.63. The fourth-order valence-corrected chi connectivity index (χ4v) is 7.88. The van der Waals surface area contributed by atoms with Crippen LogP contribution in [-0.2, 0) is 0 Å². The first-order valence-electron chi connectivity index (χ1n) is 17.8. The van der Waals surface area contributed by atoms with Gasteiger partial charge in [-0.05, 0) is 97.7 Å².